The fraction of sp³-hybridized carbons (Fsp3) is 0. The zero-order valence-corrected chi connectivity index (χ0v) is 20.5. The van der Waals surface area contributed by atoms with E-state index in [1.54, 1.807) is 6.20 Å². The fourth-order valence-electron chi connectivity index (χ4n) is 4.79. The highest BCUT2D eigenvalue weighted by molar-refractivity contribution is 6.04. The van der Waals surface area contributed by atoms with E-state index in [1.165, 1.54) is 11.1 Å². The van der Waals surface area contributed by atoms with E-state index in [4.69, 9.17) is 15.0 Å². The molecule has 0 aliphatic carbocycles. The molecule has 4 aromatic carbocycles. The maximum atomic E-state index is 5.11. The molecule has 0 N–H and O–H groups in total. The van der Waals surface area contributed by atoms with E-state index in [0.29, 0.717) is 5.82 Å². The average molecular weight is 487 g/mol. The molecule has 0 aliphatic rings. The molecule has 0 fully saturated rings. The summed E-state index contributed by atoms with van der Waals surface area (Å²) in [6.07, 6.45) is 1.79. The van der Waals surface area contributed by atoms with Crippen molar-refractivity contribution in [1.29, 1.82) is 0 Å². The smallest absolute Gasteiger partial charge is 0.159 e. The molecule has 4 nitrogen and oxygen atoms in total. The Morgan fingerprint density at radius 2 is 0.921 bits per heavy atom. The molecular formula is C34H22N4. The summed E-state index contributed by atoms with van der Waals surface area (Å²) in [5.74, 6) is 0.682. The third kappa shape index (κ3) is 4.08. The Bertz CT molecular complexity index is 1770. The molecule has 0 unspecified atom stereocenters. The van der Waals surface area contributed by atoms with Crippen LogP contribution >= 0.6 is 0 Å². The van der Waals surface area contributed by atoms with Crippen molar-refractivity contribution in [2.45, 2.75) is 0 Å². The lowest BCUT2D eigenvalue weighted by molar-refractivity contribution is 1.17. The minimum atomic E-state index is 0.682. The summed E-state index contributed by atoms with van der Waals surface area (Å²) >= 11 is 0. The molecule has 38 heavy (non-hydrogen) atoms. The van der Waals surface area contributed by atoms with Crippen molar-refractivity contribution in [3.8, 4) is 45.2 Å². The van der Waals surface area contributed by atoms with Crippen LogP contribution < -0.4 is 0 Å². The van der Waals surface area contributed by atoms with Crippen LogP contribution in [-0.2, 0) is 0 Å². The zero-order chi connectivity index (χ0) is 25.3. The van der Waals surface area contributed by atoms with Gasteiger partial charge in [-0.25, -0.2) is 19.9 Å². The average Bonchev–Trinajstić information content (AvgIpc) is 3.01. The van der Waals surface area contributed by atoms with Crippen LogP contribution in [0.2, 0.25) is 0 Å². The number of benzene rings is 4. The Hall–Kier alpha value is -5.22. The number of fused-ring (bicyclic) bond motifs is 3. The van der Waals surface area contributed by atoms with Crippen molar-refractivity contribution >= 4 is 21.8 Å². The first-order valence-corrected chi connectivity index (χ1v) is 12.6. The van der Waals surface area contributed by atoms with E-state index < -0.39 is 0 Å². The van der Waals surface area contributed by atoms with Gasteiger partial charge in [-0.2, -0.15) is 0 Å². The Kier molecular flexibility index (Phi) is 5.41. The number of nitrogens with zero attached hydrogens (tertiary/aromatic N) is 4. The first-order chi connectivity index (χ1) is 18.8. The predicted octanol–water partition coefficient (Wildman–Crippen LogP) is 8.24. The van der Waals surface area contributed by atoms with Gasteiger partial charge in [-0.05, 0) is 35.4 Å². The number of aromatic nitrogens is 4. The molecule has 0 atom stereocenters. The first-order valence-electron chi connectivity index (χ1n) is 12.6. The molecule has 0 saturated carbocycles. The Morgan fingerprint density at radius 1 is 0.368 bits per heavy atom. The van der Waals surface area contributed by atoms with Crippen molar-refractivity contribution < 1.29 is 0 Å². The molecule has 7 rings (SSSR count). The van der Waals surface area contributed by atoms with E-state index >= 15 is 0 Å². The summed E-state index contributed by atoms with van der Waals surface area (Å²) < 4.78 is 0. The second kappa shape index (κ2) is 9.34. The highest BCUT2D eigenvalue weighted by atomic mass is 14.9. The standard InChI is InChI=1S/C34H22N4/c1-3-8-23(9-4-1)27-12-7-13-28(22-27)29-18-16-24-14-15-25-17-19-30(37-33(25)32(24)36-29)31-20-21-35-34(38-31)26-10-5-2-6-11-26/h1-22H. The Balaban J connectivity index is 1.34. The van der Waals surface area contributed by atoms with Crippen LogP contribution in [0.4, 0.5) is 0 Å². The molecule has 178 valence electrons. The van der Waals surface area contributed by atoms with E-state index in [2.05, 4.69) is 83.8 Å². The van der Waals surface area contributed by atoms with Crippen molar-refractivity contribution in [1.82, 2.24) is 19.9 Å². The van der Waals surface area contributed by atoms with Gasteiger partial charge in [0, 0.05) is 28.1 Å². The van der Waals surface area contributed by atoms with Crippen LogP contribution in [0.25, 0.3) is 67.0 Å². The van der Waals surface area contributed by atoms with E-state index in [-0.39, 0.29) is 0 Å². The number of pyridine rings is 2. The SMILES string of the molecule is c1ccc(-c2cccc(-c3ccc4ccc5ccc(-c6ccnc(-c7ccccc7)n6)nc5c4n3)c2)cc1. The summed E-state index contributed by atoms with van der Waals surface area (Å²) in [5.41, 5.74) is 8.64. The van der Waals surface area contributed by atoms with E-state index in [0.717, 1.165) is 50.0 Å². The predicted molar refractivity (Wildman–Crippen MR) is 154 cm³/mol. The van der Waals surface area contributed by atoms with Crippen molar-refractivity contribution in [3.05, 3.63) is 134 Å². The topological polar surface area (TPSA) is 51.6 Å². The largest absolute Gasteiger partial charge is 0.245 e. The number of rotatable bonds is 4. The quantitative estimate of drug-likeness (QED) is 0.235. The third-order valence-electron chi connectivity index (χ3n) is 6.74. The van der Waals surface area contributed by atoms with Crippen LogP contribution in [0.3, 0.4) is 0 Å². The van der Waals surface area contributed by atoms with Gasteiger partial charge < -0.3 is 0 Å². The molecule has 3 heterocycles. The molecule has 0 spiro atoms. The summed E-state index contributed by atoms with van der Waals surface area (Å²) in [7, 11) is 0. The maximum absolute atomic E-state index is 5.11. The van der Waals surface area contributed by atoms with Gasteiger partial charge in [-0.1, -0.05) is 103 Å². The summed E-state index contributed by atoms with van der Waals surface area (Å²) in [5, 5.41) is 2.10. The zero-order valence-electron chi connectivity index (χ0n) is 20.5. The number of hydrogen-bond acceptors (Lipinski definition) is 4. The molecule has 0 aliphatic heterocycles. The first kappa shape index (κ1) is 22.0. The van der Waals surface area contributed by atoms with Gasteiger partial charge in [0.05, 0.1) is 28.1 Å². The lowest BCUT2D eigenvalue weighted by Gasteiger charge is -2.09. The van der Waals surface area contributed by atoms with E-state index in [1.807, 2.05) is 48.5 Å². The van der Waals surface area contributed by atoms with Gasteiger partial charge in [-0.3, -0.25) is 0 Å². The lowest BCUT2D eigenvalue weighted by Crippen LogP contribution is -1.94. The monoisotopic (exact) mass is 486 g/mol. The lowest BCUT2D eigenvalue weighted by atomic mass is 10.0. The third-order valence-corrected chi connectivity index (χ3v) is 6.74. The molecule has 3 aromatic heterocycles. The highest BCUT2D eigenvalue weighted by Crippen LogP contribution is 2.30. The Labute approximate surface area is 220 Å². The second-order valence-corrected chi connectivity index (χ2v) is 9.18. The van der Waals surface area contributed by atoms with Crippen LogP contribution in [0, 0.1) is 0 Å². The fourth-order valence-corrected chi connectivity index (χ4v) is 4.79. The van der Waals surface area contributed by atoms with E-state index in [9.17, 15) is 0 Å². The molecule has 0 bridgehead atoms. The van der Waals surface area contributed by atoms with Crippen LogP contribution in [0.15, 0.2) is 134 Å². The van der Waals surface area contributed by atoms with Gasteiger partial charge in [-0.15, -0.1) is 0 Å². The highest BCUT2D eigenvalue weighted by Gasteiger charge is 2.11. The molecule has 7 aromatic rings. The molecule has 4 heteroatoms. The van der Waals surface area contributed by atoms with Gasteiger partial charge >= 0.3 is 0 Å². The van der Waals surface area contributed by atoms with Crippen molar-refractivity contribution in [3.63, 3.8) is 0 Å². The number of hydrogen-bond donors (Lipinski definition) is 0. The summed E-state index contributed by atoms with van der Waals surface area (Å²) in [4.78, 5) is 19.4. The van der Waals surface area contributed by atoms with Gasteiger partial charge in [0.1, 0.15) is 0 Å². The summed E-state index contributed by atoms with van der Waals surface area (Å²) in [6.45, 7) is 0. The summed E-state index contributed by atoms with van der Waals surface area (Å²) in [6, 6.07) is 43.3. The van der Waals surface area contributed by atoms with Gasteiger partial charge in [0.25, 0.3) is 0 Å². The van der Waals surface area contributed by atoms with Crippen molar-refractivity contribution in [2.24, 2.45) is 0 Å². The van der Waals surface area contributed by atoms with Crippen LogP contribution in [0.1, 0.15) is 0 Å². The minimum absolute atomic E-state index is 0.682. The van der Waals surface area contributed by atoms with Gasteiger partial charge in [0.2, 0.25) is 0 Å². The minimum Gasteiger partial charge on any atom is -0.245 e. The molecule has 0 radical (unpaired) electrons. The maximum Gasteiger partial charge on any atom is 0.159 e. The van der Waals surface area contributed by atoms with Crippen molar-refractivity contribution in [2.75, 3.05) is 0 Å². The van der Waals surface area contributed by atoms with Crippen LogP contribution in [0.5, 0.6) is 0 Å². The normalized spacial score (nSPS) is 11.2. The molecular weight excluding hydrogens is 464 g/mol. The second-order valence-electron chi connectivity index (χ2n) is 9.18. The Morgan fingerprint density at radius 3 is 1.66 bits per heavy atom. The van der Waals surface area contributed by atoms with Gasteiger partial charge in [0.15, 0.2) is 5.82 Å². The molecule has 0 saturated heterocycles. The molecule has 0 amide bonds. The van der Waals surface area contributed by atoms with Crippen LogP contribution in [-0.4, -0.2) is 19.9 Å².